The lowest BCUT2D eigenvalue weighted by molar-refractivity contribution is 0.00777. The first-order valence-corrected chi connectivity index (χ1v) is 7.85. The fourth-order valence-corrected chi connectivity index (χ4v) is 3.50. The van der Waals surface area contributed by atoms with Crippen molar-refractivity contribution < 1.29 is 4.74 Å². The van der Waals surface area contributed by atoms with Gasteiger partial charge in [-0.25, -0.2) is 0 Å². The van der Waals surface area contributed by atoms with Crippen LogP contribution in [-0.4, -0.2) is 25.8 Å². The molecule has 1 rings (SSSR count). The van der Waals surface area contributed by atoms with Gasteiger partial charge in [0.05, 0.1) is 0 Å². The Balaban J connectivity index is 2.52. The summed E-state index contributed by atoms with van der Waals surface area (Å²) >= 11 is 0. The normalized spacial score (nSPS) is 28.3. The number of hydrogen-bond donors (Lipinski definition) is 1. The van der Waals surface area contributed by atoms with E-state index in [4.69, 9.17) is 4.74 Å². The van der Waals surface area contributed by atoms with Gasteiger partial charge in [0.25, 0.3) is 0 Å². The van der Waals surface area contributed by atoms with Crippen LogP contribution in [-0.2, 0) is 4.74 Å². The van der Waals surface area contributed by atoms with E-state index in [-0.39, 0.29) is 0 Å². The summed E-state index contributed by atoms with van der Waals surface area (Å²) in [6.07, 6.45) is 3.90. The van der Waals surface area contributed by atoms with Gasteiger partial charge in [-0.2, -0.15) is 0 Å². The number of hydrogen-bond acceptors (Lipinski definition) is 2. The lowest BCUT2D eigenvalue weighted by Gasteiger charge is -2.37. The molecule has 18 heavy (non-hydrogen) atoms. The average molecular weight is 255 g/mol. The molecule has 0 spiro atoms. The van der Waals surface area contributed by atoms with Gasteiger partial charge in [0, 0.05) is 19.3 Å². The molecule has 0 saturated carbocycles. The molecule has 108 valence electrons. The zero-order valence-electron chi connectivity index (χ0n) is 13.0. The van der Waals surface area contributed by atoms with Crippen LogP contribution in [0.15, 0.2) is 0 Å². The lowest BCUT2D eigenvalue weighted by Crippen LogP contribution is -2.43. The zero-order chi connectivity index (χ0) is 13.5. The second-order valence-corrected chi connectivity index (χ2v) is 6.64. The topological polar surface area (TPSA) is 21.3 Å². The van der Waals surface area contributed by atoms with Crippen LogP contribution in [0.1, 0.15) is 53.9 Å². The third-order valence-electron chi connectivity index (χ3n) is 4.22. The van der Waals surface area contributed by atoms with Crippen LogP contribution in [0.2, 0.25) is 0 Å². The van der Waals surface area contributed by atoms with Crippen LogP contribution in [0, 0.1) is 23.7 Å². The molecule has 0 aliphatic carbocycles. The van der Waals surface area contributed by atoms with Crippen molar-refractivity contribution in [1.82, 2.24) is 5.32 Å². The second kappa shape index (κ2) is 8.16. The molecule has 0 aromatic rings. The summed E-state index contributed by atoms with van der Waals surface area (Å²) in [5, 5.41) is 3.73. The van der Waals surface area contributed by atoms with Crippen molar-refractivity contribution in [3.05, 3.63) is 0 Å². The van der Waals surface area contributed by atoms with Gasteiger partial charge in [0.1, 0.15) is 0 Å². The largest absolute Gasteiger partial charge is 0.381 e. The van der Waals surface area contributed by atoms with Crippen molar-refractivity contribution in [2.24, 2.45) is 23.7 Å². The average Bonchev–Trinajstić information content (AvgIpc) is 2.28. The van der Waals surface area contributed by atoms with E-state index >= 15 is 0 Å². The third-order valence-corrected chi connectivity index (χ3v) is 4.22. The van der Waals surface area contributed by atoms with Gasteiger partial charge in [-0.3, -0.25) is 0 Å². The highest BCUT2D eigenvalue weighted by Gasteiger charge is 2.30. The molecule has 0 bridgehead atoms. The molecule has 1 saturated heterocycles. The summed E-state index contributed by atoms with van der Waals surface area (Å²) in [6, 6.07) is 0.683. The van der Waals surface area contributed by atoms with E-state index in [9.17, 15) is 0 Å². The molecular weight excluding hydrogens is 222 g/mol. The van der Waals surface area contributed by atoms with Crippen molar-refractivity contribution in [3.63, 3.8) is 0 Å². The standard InChI is InChI=1S/C16H33NO/c1-6-17-16(10-13(4)9-12(2)3)15-7-8-18-11-14(15)5/h12-17H,6-11H2,1-5H3. The SMILES string of the molecule is CCNC(CC(C)CC(C)C)C1CCOCC1C. The van der Waals surface area contributed by atoms with E-state index in [2.05, 4.69) is 39.9 Å². The van der Waals surface area contributed by atoms with Crippen LogP contribution >= 0.6 is 0 Å². The molecule has 1 aliphatic heterocycles. The first-order valence-electron chi connectivity index (χ1n) is 7.85. The minimum Gasteiger partial charge on any atom is -0.381 e. The van der Waals surface area contributed by atoms with Crippen molar-refractivity contribution in [1.29, 1.82) is 0 Å². The zero-order valence-corrected chi connectivity index (χ0v) is 13.0. The summed E-state index contributed by atoms with van der Waals surface area (Å²) < 4.78 is 5.58. The van der Waals surface area contributed by atoms with Gasteiger partial charge in [-0.05, 0) is 49.5 Å². The Kier molecular flexibility index (Phi) is 7.25. The predicted octanol–water partition coefficient (Wildman–Crippen LogP) is 3.71. The maximum Gasteiger partial charge on any atom is 0.0494 e. The van der Waals surface area contributed by atoms with E-state index in [0.29, 0.717) is 12.0 Å². The van der Waals surface area contributed by atoms with Gasteiger partial charge >= 0.3 is 0 Å². The minimum atomic E-state index is 0.683. The molecule has 2 heteroatoms. The van der Waals surface area contributed by atoms with Crippen LogP contribution < -0.4 is 5.32 Å². The molecule has 4 atom stereocenters. The fourth-order valence-electron chi connectivity index (χ4n) is 3.50. The van der Waals surface area contributed by atoms with Crippen molar-refractivity contribution in [2.45, 2.75) is 59.9 Å². The molecule has 0 aromatic carbocycles. The quantitative estimate of drug-likeness (QED) is 0.749. The van der Waals surface area contributed by atoms with Crippen molar-refractivity contribution in [3.8, 4) is 0 Å². The van der Waals surface area contributed by atoms with Gasteiger partial charge in [0.15, 0.2) is 0 Å². The monoisotopic (exact) mass is 255 g/mol. The van der Waals surface area contributed by atoms with Crippen molar-refractivity contribution >= 4 is 0 Å². The highest BCUT2D eigenvalue weighted by atomic mass is 16.5. The molecule has 0 aromatic heterocycles. The summed E-state index contributed by atoms with van der Waals surface area (Å²) in [6.45, 7) is 14.6. The van der Waals surface area contributed by atoms with Gasteiger partial charge in [-0.15, -0.1) is 0 Å². The molecule has 1 heterocycles. The predicted molar refractivity (Wildman–Crippen MR) is 78.8 cm³/mol. The van der Waals surface area contributed by atoms with Crippen LogP contribution in [0.25, 0.3) is 0 Å². The Morgan fingerprint density at radius 3 is 2.50 bits per heavy atom. The molecule has 4 unspecified atom stereocenters. The van der Waals surface area contributed by atoms with Crippen LogP contribution in [0.5, 0.6) is 0 Å². The summed E-state index contributed by atoms with van der Waals surface area (Å²) in [4.78, 5) is 0. The van der Waals surface area contributed by atoms with E-state index in [0.717, 1.165) is 37.5 Å². The van der Waals surface area contributed by atoms with E-state index in [1.54, 1.807) is 0 Å². The molecule has 1 fully saturated rings. The first-order chi connectivity index (χ1) is 8.54. The molecule has 0 amide bonds. The Morgan fingerprint density at radius 1 is 1.22 bits per heavy atom. The molecule has 2 nitrogen and oxygen atoms in total. The van der Waals surface area contributed by atoms with E-state index in [1.807, 2.05) is 0 Å². The second-order valence-electron chi connectivity index (χ2n) is 6.64. The first kappa shape index (κ1) is 16.0. The number of ether oxygens (including phenoxy) is 1. The van der Waals surface area contributed by atoms with Crippen LogP contribution in [0.3, 0.4) is 0 Å². The maximum absolute atomic E-state index is 5.58. The fraction of sp³-hybridized carbons (Fsp3) is 1.00. The Hall–Kier alpha value is -0.0800. The van der Waals surface area contributed by atoms with Gasteiger partial charge in [-0.1, -0.05) is 34.6 Å². The smallest absolute Gasteiger partial charge is 0.0494 e. The number of nitrogens with one attached hydrogen (secondary N) is 1. The summed E-state index contributed by atoms with van der Waals surface area (Å²) in [5.74, 6) is 3.14. The molecular formula is C16H33NO. The number of rotatable bonds is 7. The van der Waals surface area contributed by atoms with Crippen LogP contribution in [0.4, 0.5) is 0 Å². The molecule has 1 N–H and O–H groups in total. The summed E-state index contributed by atoms with van der Waals surface area (Å²) in [5.41, 5.74) is 0. The Bertz CT molecular complexity index is 217. The Labute approximate surface area is 114 Å². The third kappa shape index (κ3) is 5.27. The minimum absolute atomic E-state index is 0.683. The molecule has 1 aliphatic rings. The Morgan fingerprint density at radius 2 is 1.94 bits per heavy atom. The lowest BCUT2D eigenvalue weighted by atomic mass is 9.79. The van der Waals surface area contributed by atoms with E-state index in [1.165, 1.54) is 19.3 Å². The highest BCUT2D eigenvalue weighted by molar-refractivity contribution is 4.83. The van der Waals surface area contributed by atoms with E-state index < -0.39 is 0 Å². The highest BCUT2D eigenvalue weighted by Crippen LogP contribution is 2.29. The maximum atomic E-state index is 5.58. The summed E-state index contributed by atoms with van der Waals surface area (Å²) in [7, 11) is 0. The molecule has 0 radical (unpaired) electrons. The van der Waals surface area contributed by atoms with Gasteiger partial charge in [0.2, 0.25) is 0 Å². The van der Waals surface area contributed by atoms with Crippen molar-refractivity contribution in [2.75, 3.05) is 19.8 Å². The van der Waals surface area contributed by atoms with Gasteiger partial charge < -0.3 is 10.1 Å².